The summed E-state index contributed by atoms with van der Waals surface area (Å²) in [4.78, 5) is 11.5. The summed E-state index contributed by atoms with van der Waals surface area (Å²) in [5.41, 5.74) is 0.715. The van der Waals surface area contributed by atoms with Crippen LogP contribution in [0.25, 0.3) is 0 Å². The number of nitrogens with one attached hydrogen (secondary N) is 2. The predicted octanol–water partition coefficient (Wildman–Crippen LogP) is 3.67. The summed E-state index contributed by atoms with van der Waals surface area (Å²) >= 11 is 6.37. The van der Waals surface area contributed by atoms with Crippen molar-refractivity contribution >= 4 is 38.8 Å². The zero-order chi connectivity index (χ0) is 19.1. The molecule has 0 amide bonds. The van der Waals surface area contributed by atoms with Crippen molar-refractivity contribution in [2.24, 2.45) is 0 Å². The first-order chi connectivity index (χ1) is 12.8. The Bertz CT molecular complexity index is 945. The van der Waals surface area contributed by atoms with Crippen molar-refractivity contribution in [1.29, 1.82) is 4.78 Å². The van der Waals surface area contributed by atoms with Crippen molar-refractivity contribution in [1.82, 2.24) is 9.97 Å². The van der Waals surface area contributed by atoms with E-state index in [4.69, 9.17) is 21.1 Å². The van der Waals surface area contributed by atoms with Crippen LogP contribution in [0.15, 0.2) is 35.4 Å². The molecule has 1 aliphatic heterocycles. The highest BCUT2D eigenvalue weighted by molar-refractivity contribution is 7.91. The summed E-state index contributed by atoms with van der Waals surface area (Å²) < 4.78 is 25.4. The van der Waals surface area contributed by atoms with Crippen molar-refractivity contribution in [2.45, 2.75) is 29.8 Å². The Morgan fingerprint density at radius 3 is 2.70 bits per heavy atom. The highest BCUT2D eigenvalue weighted by Crippen LogP contribution is 2.40. The molecule has 2 aromatic rings. The van der Waals surface area contributed by atoms with Crippen LogP contribution in [0.2, 0.25) is 5.02 Å². The number of nitrogens with zero attached hydrogens (tertiary/aromatic N) is 3. The number of ether oxygens (including phenoxy) is 1. The second-order valence-corrected chi connectivity index (χ2v) is 9.73. The van der Waals surface area contributed by atoms with Crippen LogP contribution in [0.4, 0.5) is 17.5 Å². The van der Waals surface area contributed by atoms with Crippen LogP contribution in [0, 0.1) is 4.78 Å². The summed E-state index contributed by atoms with van der Waals surface area (Å²) in [6.07, 6.45) is 6.38. The van der Waals surface area contributed by atoms with E-state index in [1.165, 1.54) is 12.7 Å². The van der Waals surface area contributed by atoms with Gasteiger partial charge < -0.3 is 15.0 Å². The van der Waals surface area contributed by atoms with Gasteiger partial charge in [0.1, 0.15) is 5.02 Å². The second-order valence-electron chi connectivity index (χ2n) is 7.16. The highest BCUT2D eigenvalue weighted by Gasteiger charge is 2.42. The molecule has 7 nitrogen and oxygen atoms in total. The van der Waals surface area contributed by atoms with Crippen LogP contribution in [0.3, 0.4) is 0 Å². The maximum Gasteiger partial charge on any atom is 0.229 e. The molecule has 1 aliphatic carbocycles. The average molecular weight is 408 g/mol. The fourth-order valence-electron chi connectivity index (χ4n) is 3.47. The molecular weight excluding hydrogens is 386 g/mol. The second kappa shape index (κ2) is 6.92. The number of benzene rings is 1. The van der Waals surface area contributed by atoms with Gasteiger partial charge in [0.15, 0.2) is 5.82 Å². The largest absolute Gasteiger partial charge is 0.371 e. The molecule has 144 valence electrons. The molecule has 2 heterocycles. The molecule has 4 rings (SSSR count). The number of morpholine rings is 1. The molecule has 1 aromatic heterocycles. The third-order valence-corrected chi connectivity index (χ3v) is 6.54. The van der Waals surface area contributed by atoms with Crippen molar-refractivity contribution < 1.29 is 8.95 Å². The molecule has 1 spiro atoms. The van der Waals surface area contributed by atoms with Crippen LogP contribution in [0.5, 0.6) is 0 Å². The molecule has 0 radical (unpaired) electrons. The molecule has 2 fully saturated rings. The Labute approximate surface area is 164 Å². The third kappa shape index (κ3) is 3.88. The molecular formula is C18H22ClN5O2S. The Hall–Kier alpha value is -1.90. The number of aromatic nitrogens is 2. The van der Waals surface area contributed by atoms with Crippen LogP contribution in [0.1, 0.15) is 19.3 Å². The van der Waals surface area contributed by atoms with Gasteiger partial charge >= 0.3 is 0 Å². The standard InChI is InChI=1S/C18H22ClN5O2S/c1-27(20,25)14-5-3-13(4-6-14)22-17-21-11-15(19)16(23-17)24-9-10-26-18(12-24)7-2-8-18/h3-6,11,20H,2,7-10,12H2,1H3,(H,21,22,23)/t27-/m0/s1. The number of halogens is 1. The minimum atomic E-state index is -2.72. The Balaban J connectivity index is 1.54. The summed E-state index contributed by atoms with van der Waals surface area (Å²) in [6.45, 7) is 2.22. The van der Waals surface area contributed by atoms with Gasteiger partial charge in [0.2, 0.25) is 5.95 Å². The number of rotatable bonds is 4. The third-order valence-electron chi connectivity index (χ3n) is 5.10. The summed E-state index contributed by atoms with van der Waals surface area (Å²) in [5.74, 6) is 1.16. The van der Waals surface area contributed by atoms with E-state index in [0.29, 0.717) is 28.3 Å². The molecule has 27 heavy (non-hydrogen) atoms. The molecule has 9 heteroatoms. The molecule has 0 bridgehead atoms. The van der Waals surface area contributed by atoms with Gasteiger partial charge in [-0.2, -0.15) is 4.98 Å². The van der Waals surface area contributed by atoms with E-state index in [9.17, 15) is 4.21 Å². The fraction of sp³-hybridized carbons (Fsp3) is 0.444. The van der Waals surface area contributed by atoms with E-state index >= 15 is 0 Å². The van der Waals surface area contributed by atoms with Crippen LogP contribution >= 0.6 is 11.6 Å². The zero-order valence-corrected chi connectivity index (χ0v) is 16.6. The smallest absolute Gasteiger partial charge is 0.229 e. The lowest BCUT2D eigenvalue weighted by atomic mass is 9.79. The van der Waals surface area contributed by atoms with Crippen molar-refractivity contribution in [2.75, 3.05) is 36.2 Å². The molecule has 2 aliphatic rings. The topological polar surface area (TPSA) is 91.2 Å². The normalized spacial score (nSPS) is 20.7. The molecule has 1 saturated carbocycles. The van der Waals surface area contributed by atoms with Gasteiger partial charge in [0.05, 0.1) is 28.1 Å². The Morgan fingerprint density at radius 1 is 1.33 bits per heavy atom. The van der Waals surface area contributed by atoms with Gasteiger partial charge in [-0.15, -0.1) is 0 Å². The molecule has 0 unspecified atom stereocenters. The van der Waals surface area contributed by atoms with Gasteiger partial charge in [-0.05, 0) is 43.5 Å². The van der Waals surface area contributed by atoms with E-state index in [1.807, 2.05) is 0 Å². The van der Waals surface area contributed by atoms with Crippen molar-refractivity contribution in [3.63, 3.8) is 0 Å². The lowest BCUT2D eigenvalue weighted by molar-refractivity contribution is -0.106. The Morgan fingerprint density at radius 2 is 2.07 bits per heavy atom. The van der Waals surface area contributed by atoms with Crippen molar-refractivity contribution in [3.05, 3.63) is 35.5 Å². The number of anilines is 3. The van der Waals surface area contributed by atoms with E-state index < -0.39 is 9.73 Å². The lowest BCUT2D eigenvalue weighted by Gasteiger charge is -2.48. The Kier molecular flexibility index (Phi) is 4.73. The van der Waals surface area contributed by atoms with Gasteiger partial charge in [-0.1, -0.05) is 11.6 Å². The van der Waals surface area contributed by atoms with Gasteiger partial charge in [0, 0.05) is 29.9 Å². The van der Waals surface area contributed by atoms with Gasteiger partial charge in [-0.3, -0.25) is 0 Å². The van der Waals surface area contributed by atoms with Crippen molar-refractivity contribution in [3.8, 4) is 0 Å². The first-order valence-electron chi connectivity index (χ1n) is 8.87. The number of hydrogen-bond acceptors (Lipinski definition) is 7. The maximum absolute atomic E-state index is 11.8. The monoisotopic (exact) mass is 407 g/mol. The van der Waals surface area contributed by atoms with Crippen LogP contribution in [-0.2, 0) is 14.5 Å². The summed E-state index contributed by atoms with van der Waals surface area (Å²) in [7, 11) is -2.72. The average Bonchev–Trinajstić information content (AvgIpc) is 2.62. The molecule has 1 aromatic carbocycles. The lowest BCUT2D eigenvalue weighted by Crippen LogP contribution is -2.56. The van der Waals surface area contributed by atoms with Crippen LogP contribution < -0.4 is 10.2 Å². The first kappa shape index (κ1) is 18.5. The quantitative estimate of drug-likeness (QED) is 0.803. The minimum absolute atomic E-state index is 0.0421. The molecule has 1 atom stereocenters. The predicted molar refractivity (Wildman–Crippen MR) is 107 cm³/mol. The first-order valence-corrected chi connectivity index (χ1v) is 11.2. The van der Waals surface area contributed by atoms with E-state index in [-0.39, 0.29) is 5.60 Å². The number of hydrogen-bond donors (Lipinski definition) is 2. The molecule has 2 N–H and O–H groups in total. The highest BCUT2D eigenvalue weighted by atomic mass is 35.5. The van der Waals surface area contributed by atoms with E-state index in [2.05, 4.69) is 20.2 Å². The summed E-state index contributed by atoms with van der Waals surface area (Å²) in [6, 6.07) is 6.89. The molecule has 1 saturated heterocycles. The minimum Gasteiger partial charge on any atom is -0.371 e. The summed E-state index contributed by atoms with van der Waals surface area (Å²) in [5, 5.41) is 3.67. The van der Waals surface area contributed by atoms with E-state index in [1.54, 1.807) is 30.5 Å². The van der Waals surface area contributed by atoms with Gasteiger partial charge in [-0.25, -0.2) is 14.0 Å². The fourth-order valence-corrected chi connectivity index (χ4v) is 4.33. The maximum atomic E-state index is 11.8. The SMILES string of the molecule is C[S@](=N)(=O)c1ccc(Nc2ncc(Cl)c(N3CCOC4(CCC4)C3)n2)cc1. The van der Waals surface area contributed by atoms with Gasteiger partial charge in [0.25, 0.3) is 0 Å². The zero-order valence-electron chi connectivity index (χ0n) is 15.1. The van der Waals surface area contributed by atoms with Crippen LogP contribution in [-0.4, -0.2) is 45.7 Å². The van der Waals surface area contributed by atoms with E-state index in [0.717, 1.165) is 31.6 Å².